The van der Waals surface area contributed by atoms with E-state index in [1.807, 2.05) is 60.7 Å². The van der Waals surface area contributed by atoms with Gasteiger partial charge in [0.05, 0.1) is 19.8 Å². The molecular weight excluding hydrogens is 455 g/mol. The van der Waals surface area contributed by atoms with Crippen LogP contribution in [0.4, 0.5) is 0 Å². The number of aliphatic hydroxyl groups is 1. The van der Waals surface area contributed by atoms with Gasteiger partial charge in [-0.05, 0) is 5.56 Å². The van der Waals surface area contributed by atoms with Crippen molar-refractivity contribution in [3.8, 4) is 0 Å². The van der Waals surface area contributed by atoms with Gasteiger partial charge in [0.1, 0.15) is 23.1 Å². The first-order valence-electron chi connectivity index (χ1n) is 10.4. The van der Waals surface area contributed by atoms with Crippen molar-refractivity contribution in [2.75, 3.05) is 13.2 Å². The summed E-state index contributed by atoms with van der Waals surface area (Å²) in [5.41, 5.74) is -0.135. The predicted octanol–water partition coefficient (Wildman–Crippen LogP) is 4.15. The van der Waals surface area contributed by atoms with E-state index in [2.05, 4.69) is 6.58 Å². The Kier molecular flexibility index (Phi) is 7.87. The van der Waals surface area contributed by atoms with Crippen LogP contribution >= 0.6 is 23.2 Å². The number of rotatable bonds is 8. The van der Waals surface area contributed by atoms with Gasteiger partial charge in [-0.15, -0.1) is 29.8 Å². The monoisotopic (exact) mass is 480 g/mol. The highest BCUT2D eigenvalue weighted by atomic mass is 35.5. The minimum absolute atomic E-state index is 0.130. The summed E-state index contributed by atoms with van der Waals surface area (Å²) in [5, 5.41) is 11.7. The van der Waals surface area contributed by atoms with Gasteiger partial charge in [0.2, 0.25) is 0 Å². The summed E-state index contributed by atoms with van der Waals surface area (Å²) < 4.78 is 30.1. The molecule has 2 aliphatic rings. The lowest BCUT2D eigenvalue weighted by Gasteiger charge is -2.53. The summed E-state index contributed by atoms with van der Waals surface area (Å²) in [7, 11) is 0. The van der Waals surface area contributed by atoms with Crippen molar-refractivity contribution >= 4 is 23.2 Å². The van der Waals surface area contributed by atoms with E-state index in [0.29, 0.717) is 0 Å². The Bertz CT molecular complexity index is 867. The summed E-state index contributed by atoms with van der Waals surface area (Å²) in [6.07, 6.45) is -2.48. The molecular formula is C24H26Cl2O6. The van der Waals surface area contributed by atoms with Gasteiger partial charge in [0, 0.05) is 5.56 Å². The van der Waals surface area contributed by atoms with Gasteiger partial charge in [0.15, 0.2) is 18.2 Å². The number of benzene rings is 2. The second kappa shape index (κ2) is 10.6. The van der Waals surface area contributed by atoms with E-state index in [1.54, 1.807) is 6.08 Å². The summed E-state index contributed by atoms with van der Waals surface area (Å²) in [5.74, 6) is 0. The molecule has 2 aliphatic heterocycles. The van der Waals surface area contributed by atoms with Crippen molar-refractivity contribution < 1.29 is 28.8 Å². The fourth-order valence-corrected chi connectivity index (χ4v) is 4.38. The highest BCUT2D eigenvalue weighted by molar-refractivity contribution is 6.45. The standard InChI is InChI=1S/C24H26Cl2O6/c1-2-13-28-23-24(27,22(25)26)20(29-14-16-9-5-3-6-10-16)19-18(31-23)15-30-21(32-19)17-11-7-4-8-12-17/h2-12,18-23,27H,1,13-15H2/t18-,19-,20+,21?,23+,24+/m1/s1. The molecule has 8 heteroatoms. The maximum Gasteiger partial charge on any atom is 0.192 e. The van der Waals surface area contributed by atoms with Crippen LogP contribution in [-0.4, -0.2) is 53.4 Å². The first kappa shape index (κ1) is 23.7. The molecule has 0 radical (unpaired) electrons. The zero-order chi connectivity index (χ0) is 22.6. The van der Waals surface area contributed by atoms with Crippen molar-refractivity contribution in [2.24, 2.45) is 0 Å². The highest BCUT2D eigenvalue weighted by Gasteiger charge is 2.62. The first-order valence-corrected chi connectivity index (χ1v) is 11.3. The van der Waals surface area contributed by atoms with Gasteiger partial charge in [-0.25, -0.2) is 0 Å². The molecule has 0 spiro atoms. The zero-order valence-electron chi connectivity index (χ0n) is 17.4. The Morgan fingerprint density at radius 2 is 1.75 bits per heavy atom. The second-order valence-corrected chi connectivity index (χ2v) is 8.81. The van der Waals surface area contributed by atoms with Gasteiger partial charge in [-0.1, -0.05) is 66.7 Å². The highest BCUT2D eigenvalue weighted by Crippen LogP contribution is 2.44. The lowest BCUT2D eigenvalue weighted by Crippen LogP contribution is -2.72. The SMILES string of the molecule is C=CCO[C@H]1O[C@@H]2COC(c3ccccc3)O[C@H]2[C@H](OCc2ccccc2)[C@]1(O)C(Cl)Cl. The van der Waals surface area contributed by atoms with E-state index in [4.69, 9.17) is 46.9 Å². The Morgan fingerprint density at radius 1 is 1.06 bits per heavy atom. The van der Waals surface area contributed by atoms with Crippen LogP contribution in [0.15, 0.2) is 73.3 Å². The van der Waals surface area contributed by atoms with Crippen LogP contribution in [0.1, 0.15) is 17.4 Å². The molecule has 2 fully saturated rings. The first-order chi connectivity index (χ1) is 15.5. The molecule has 0 saturated carbocycles. The number of hydrogen-bond acceptors (Lipinski definition) is 6. The number of halogens is 2. The molecule has 2 aromatic rings. The lowest BCUT2D eigenvalue weighted by molar-refractivity contribution is -0.389. The molecule has 172 valence electrons. The Morgan fingerprint density at radius 3 is 2.41 bits per heavy atom. The average molecular weight is 481 g/mol. The smallest absolute Gasteiger partial charge is 0.192 e. The minimum Gasteiger partial charge on any atom is -0.379 e. The molecule has 6 atom stereocenters. The van der Waals surface area contributed by atoms with Crippen molar-refractivity contribution in [1.82, 2.24) is 0 Å². The quantitative estimate of drug-likeness (QED) is 0.452. The largest absolute Gasteiger partial charge is 0.379 e. The molecule has 2 heterocycles. The Balaban J connectivity index is 1.64. The van der Waals surface area contributed by atoms with Gasteiger partial charge < -0.3 is 28.8 Å². The molecule has 4 rings (SSSR count). The summed E-state index contributed by atoms with van der Waals surface area (Å²) in [6.45, 7) is 4.21. The van der Waals surface area contributed by atoms with E-state index >= 15 is 0 Å². The van der Waals surface area contributed by atoms with E-state index in [1.165, 1.54) is 0 Å². The van der Waals surface area contributed by atoms with Gasteiger partial charge in [-0.3, -0.25) is 0 Å². The number of hydrogen-bond donors (Lipinski definition) is 1. The van der Waals surface area contributed by atoms with Crippen LogP contribution in [0.3, 0.4) is 0 Å². The van der Waals surface area contributed by atoms with E-state index in [9.17, 15) is 5.11 Å². The fourth-order valence-electron chi connectivity index (χ4n) is 3.92. The molecule has 1 N–H and O–H groups in total. The molecule has 0 aromatic heterocycles. The van der Waals surface area contributed by atoms with Crippen molar-refractivity contribution in [1.29, 1.82) is 0 Å². The van der Waals surface area contributed by atoms with E-state index in [0.717, 1.165) is 11.1 Å². The molecule has 0 aliphatic carbocycles. The molecule has 2 aromatic carbocycles. The van der Waals surface area contributed by atoms with Crippen LogP contribution in [-0.2, 0) is 30.3 Å². The average Bonchev–Trinajstić information content (AvgIpc) is 2.83. The lowest BCUT2D eigenvalue weighted by atomic mass is 9.86. The van der Waals surface area contributed by atoms with Crippen molar-refractivity contribution in [2.45, 2.75) is 47.9 Å². The summed E-state index contributed by atoms with van der Waals surface area (Å²) in [6, 6.07) is 19.1. The number of fused-ring (bicyclic) bond motifs is 1. The molecule has 6 nitrogen and oxygen atoms in total. The van der Waals surface area contributed by atoms with Crippen LogP contribution in [0, 0.1) is 0 Å². The normalized spacial score (nSPS) is 32.4. The third-order valence-electron chi connectivity index (χ3n) is 5.55. The van der Waals surface area contributed by atoms with Crippen LogP contribution < -0.4 is 0 Å². The third-order valence-corrected chi connectivity index (χ3v) is 6.25. The predicted molar refractivity (Wildman–Crippen MR) is 120 cm³/mol. The van der Waals surface area contributed by atoms with Crippen molar-refractivity contribution in [3.05, 3.63) is 84.4 Å². The van der Waals surface area contributed by atoms with Crippen LogP contribution in [0.2, 0.25) is 0 Å². The number of alkyl halides is 2. The fraction of sp³-hybridized carbons (Fsp3) is 0.417. The molecule has 32 heavy (non-hydrogen) atoms. The maximum absolute atomic E-state index is 11.7. The third kappa shape index (κ3) is 4.88. The van der Waals surface area contributed by atoms with Crippen molar-refractivity contribution in [3.63, 3.8) is 0 Å². The van der Waals surface area contributed by atoms with Crippen LogP contribution in [0.5, 0.6) is 0 Å². The topological polar surface area (TPSA) is 66.4 Å². The summed E-state index contributed by atoms with van der Waals surface area (Å²) >= 11 is 12.6. The zero-order valence-corrected chi connectivity index (χ0v) is 18.9. The molecule has 2 saturated heterocycles. The Hall–Kier alpha value is -1.48. The van der Waals surface area contributed by atoms with Crippen LogP contribution in [0.25, 0.3) is 0 Å². The molecule has 0 bridgehead atoms. The molecule has 1 unspecified atom stereocenters. The van der Waals surface area contributed by atoms with Gasteiger partial charge in [-0.2, -0.15) is 0 Å². The second-order valence-electron chi connectivity index (χ2n) is 7.71. The molecule has 0 amide bonds. The van der Waals surface area contributed by atoms with Gasteiger partial charge in [0.25, 0.3) is 0 Å². The maximum atomic E-state index is 11.7. The van der Waals surface area contributed by atoms with E-state index < -0.39 is 41.3 Å². The Labute approximate surface area is 197 Å². The minimum atomic E-state index is -1.90. The number of ether oxygens (including phenoxy) is 5. The van der Waals surface area contributed by atoms with Gasteiger partial charge >= 0.3 is 0 Å². The van der Waals surface area contributed by atoms with E-state index in [-0.39, 0.29) is 19.8 Å². The summed E-state index contributed by atoms with van der Waals surface area (Å²) in [4.78, 5) is -1.28.